The van der Waals surface area contributed by atoms with Gasteiger partial charge in [-0.25, -0.2) is 4.98 Å². The summed E-state index contributed by atoms with van der Waals surface area (Å²) in [6, 6.07) is 4.09. The number of thioether (sulfide) groups is 1. The molecule has 1 N–H and O–H groups in total. The van der Waals surface area contributed by atoms with Crippen molar-refractivity contribution in [2.24, 2.45) is 0 Å². The zero-order chi connectivity index (χ0) is 13.9. The van der Waals surface area contributed by atoms with Crippen molar-refractivity contribution < 1.29 is 14.8 Å². The van der Waals surface area contributed by atoms with Gasteiger partial charge in [0.15, 0.2) is 0 Å². The van der Waals surface area contributed by atoms with Crippen LogP contribution in [0.25, 0.3) is 0 Å². The van der Waals surface area contributed by atoms with Crippen molar-refractivity contribution in [1.29, 1.82) is 5.26 Å². The van der Waals surface area contributed by atoms with Gasteiger partial charge >= 0.3 is 11.7 Å². The molecule has 0 fully saturated rings. The summed E-state index contributed by atoms with van der Waals surface area (Å²) in [7, 11) is 0. The second kappa shape index (κ2) is 5.01. The molecule has 0 radical (unpaired) electrons. The minimum Gasteiger partial charge on any atom is -0.480 e. The van der Waals surface area contributed by atoms with Crippen LogP contribution in [-0.2, 0) is 4.79 Å². The summed E-state index contributed by atoms with van der Waals surface area (Å²) in [6.45, 7) is 2.96. The number of nitrogens with zero attached hydrogens (tertiary/aromatic N) is 3. The van der Waals surface area contributed by atoms with Gasteiger partial charge in [-0.05, 0) is 19.9 Å². The van der Waals surface area contributed by atoms with Crippen LogP contribution in [0.3, 0.4) is 0 Å². The van der Waals surface area contributed by atoms with E-state index >= 15 is 0 Å². The lowest BCUT2D eigenvalue weighted by Crippen LogP contribution is -2.27. The second-order valence-corrected chi connectivity index (χ2v) is 5.45. The van der Waals surface area contributed by atoms with Crippen LogP contribution >= 0.6 is 11.8 Å². The first-order valence-corrected chi connectivity index (χ1v) is 5.57. The Morgan fingerprint density at radius 2 is 2.22 bits per heavy atom. The Morgan fingerprint density at radius 1 is 1.61 bits per heavy atom. The van der Waals surface area contributed by atoms with Crippen LogP contribution in [0, 0.1) is 21.4 Å². The van der Waals surface area contributed by atoms with E-state index in [9.17, 15) is 14.9 Å². The van der Waals surface area contributed by atoms with Crippen molar-refractivity contribution in [2.75, 3.05) is 0 Å². The summed E-state index contributed by atoms with van der Waals surface area (Å²) in [5.74, 6) is -1.04. The molecule has 18 heavy (non-hydrogen) atoms. The van der Waals surface area contributed by atoms with Gasteiger partial charge in [0, 0.05) is 6.07 Å². The monoisotopic (exact) mass is 267 g/mol. The van der Waals surface area contributed by atoms with Crippen molar-refractivity contribution in [1.82, 2.24) is 4.98 Å². The molecule has 0 saturated heterocycles. The predicted octanol–water partition coefficient (Wildman–Crippen LogP) is 1.82. The number of aliphatic carboxylic acids is 1. The fourth-order valence-corrected chi connectivity index (χ4v) is 1.91. The molecule has 0 unspecified atom stereocenters. The van der Waals surface area contributed by atoms with Crippen molar-refractivity contribution >= 4 is 23.4 Å². The Bertz CT molecular complexity index is 551. The fourth-order valence-electron chi connectivity index (χ4n) is 1.03. The number of pyridine rings is 1. The molecule has 0 bridgehead atoms. The minimum atomic E-state index is -1.13. The Balaban J connectivity index is 3.12. The summed E-state index contributed by atoms with van der Waals surface area (Å²) < 4.78 is -1.13. The third-order valence-electron chi connectivity index (χ3n) is 2.03. The van der Waals surface area contributed by atoms with Gasteiger partial charge in [-0.2, -0.15) is 5.26 Å². The lowest BCUT2D eigenvalue weighted by Gasteiger charge is -2.17. The van der Waals surface area contributed by atoms with E-state index in [1.807, 2.05) is 0 Å². The highest BCUT2D eigenvalue weighted by Gasteiger charge is 2.30. The standard InChI is InChI=1S/C10H9N3O4S/c1-10(2,9(14)15)18-8-4-3-7(13(16)17)6(5-11)12-8/h3-4H,1-2H3,(H,14,15). The number of carbonyl (C=O) groups is 1. The van der Waals surface area contributed by atoms with Gasteiger partial charge in [-0.1, -0.05) is 11.8 Å². The lowest BCUT2D eigenvalue weighted by molar-refractivity contribution is -0.385. The summed E-state index contributed by atoms with van der Waals surface area (Å²) in [4.78, 5) is 24.6. The van der Waals surface area contributed by atoms with Crippen molar-refractivity contribution in [2.45, 2.75) is 23.6 Å². The summed E-state index contributed by atoms with van der Waals surface area (Å²) in [5, 5.41) is 28.6. The highest BCUT2D eigenvalue weighted by Crippen LogP contribution is 2.32. The van der Waals surface area contributed by atoms with Gasteiger partial charge in [-0.3, -0.25) is 14.9 Å². The van der Waals surface area contributed by atoms with Gasteiger partial charge in [-0.15, -0.1) is 0 Å². The number of hydrogen-bond donors (Lipinski definition) is 1. The fraction of sp³-hybridized carbons (Fsp3) is 0.300. The predicted molar refractivity (Wildman–Crippen MR) is 63.2 cm³/mol. The molecule has 1 aromatic heterocycles. The maximum absolute atomic E-state index is 10.9. The summed E-state index contributed by atoms with van der Waals surface area (Å²) in [6.07, 6.45) is 0. The highest BCUT2D eigenvalue weighted by molar-refractivity contribution is 8.01. The Morgan fingerprint density at radius 3 is 2.67 bits per heavy atom. The van der Waals surface area contributed by atoms with Gasteiger partial charge in [0.1, 0.15) is 10.8 Å². The van der Waals surface area contributed by atoms with Gasteiger partial charge < -0.3 is 5.11 Å². The first-order chi connectivity index (χ1) is 8.27. The summed E-state index contributed by atoms with van der Waals surface area (Å²) >= 11 is 0.920. The topological polar surface area (TPSA) is 117 Å². The first kappa shape index (κ1) is 13.9. The van der Waals surface area contributed by atoms with Crippen LogP contribution in [-0.4, -0.2) is 25.7 Å². The van der Waals surface area contributed by atoms with E-state index in [2.05, 4.69) is 4.98 Å². The lowest BCUT2D eigenvalue weighted by atomic mass is 10.2. The van der Waals surface area contributed by atoms with Crippen LogP contribution in [0.1, 0.15) is 19.5 Å². The molecular weight excluding hydrogens is 258 g/mol. The van der Waals surface area contributed by atoms with Crippen LogP contribution in [0.15, 0.2) is 17.2 Å². The maximum atomic E-state index is 10.9. The smallest absolute Gasteiger partial charge is 0.319 e. The largest absolute Gasteiger partial charge is 0.480 e. The zero-order valence-electron chi connectivity index (χ0n) is 9.58. The molecule has 0 aliphatic rings. The molecule has 0 saturated carbocycles. The highest BCUT2D eigenvalue weighted by atomic mass is 32.2. The molecule has 0 aliphatic heterocycles. The van der Waals surface area contributed by atoms with E-state index in [0.29, 0.717) is 0 Å². The van der Waals surface area contributed by atoms with E-state index in [-0.39, 0.29) is 10.7 Å². The number of carboxylic acid groups (broad SMARTS) is 1. The molecule has 7 nitrogen and oxygen atoms in total. The number of hydrogen-bond acceptors (Lipinski definition) is 6. The number of aromatic nitrogens is 1. The molecule has 1 rings (SSSR count). The molecule has 0 aliphatic carbocycles. The molecule has 1 heterocycles. The van der Waals surface area contributed by atoms with Gasteiger partial charge in [0.2, 0.25) is 5.69 Å². The third kappa shape index (κ3) is 2.95. The SMILES string of the molecule is CC(C)(Sc1ccc([N+](=O)[O-])c(C#N)n1)C(=O)O. The summed E-state index contributed by atoms with van der Waals surface area (Å²) in [5.41, 5.74) is -0.721. The first-order valence-electron chi connectivity index (χ1n) is 4.76. The van der Waals surface area contributed by atoms with E-state index in [1.54, 1.807) is 6.07 Å². The molecule has 0 atom stereocenters. The van der Waals surface area contributed by atoms with Gasteiger partial charge in [0.25, 0.3) is 0 Å². The number of carboxylic acids is 1. The van der Waals surface area contributed by atoms with E-state index in [1.165, 1.54) is 19.9 Å². The van der Waals surface area contributed by atoms with Crippen molar-refractivity contribution in [3.05, 3.63) is 27.9 Å². The average Bonchev–Trinajstić information content (AvgIpc) is 2.27. The maximum Gasteiger partial charge on any atom is 0.319 e. The van der Waals surface area contributed by atoms with Crippen LogP contribution < -0.4 is 0 Å². The second-order valence-electron chi connectivity index (χ2n) is 3.80. The number of nitriles is 1. The normalized spacial score (nSPS) is 10.7. The molecule has 1 aromatic rings. The van der Waals surface area contributed by atoms with Crippen molar-refractivity contribution in [3.8, 4) is 6.07 Å². The Labute approximate surface area is 107 Å². The van der Waals surface area contributed by atoms with Crippen LogP contribution in [0.5, 0.6) is 0 Å². The Hall–Kier alpha value is -2.14. The molecule has 0 spiro atoms. The molecule has 94 valence electrons. The molecule has 0 amide bonds. The number of nitro groups is 1. The zero-order valence-corrected chi connectivity index (χ0v) is 10.4. The van der Waals surface area contributed by atoms with Gasteiger partial charge in [0.05, 0.1) is 9.95 Å². The molecular formula is C10H9N3O4S. The minimum absolute atomic E-state index is 0.254. The van der Waals surface area contributed by atoms with E-state index in [0.717, 1.165) is 17.8 Å². The van der Waals surface area contributed by atoms with E-state index in [4.69, 9.17) is 10.4 Å². The van der Waals surface area contributed by atoms with Crippen molar-refractivity contribution in [3.63, 3.8) is 0 Å². The quantitative estimate of drug-likeness (QED) is 0.502. The van der Waals surface area contributed by atoms with E-state index < -0.39 is 21.3 Å². The third-order valence-corrected chi connectivity index (χ3v) is 3.15. The van der Waals surface area contributed by atoms with Crippen LogP contribution in [0.2, 0.25) is 0 Å². The number of rotatable bonds is 4. The molecule has 8 heteroatoms. The van der Waals surface area contributed by atoms with Crippen LogP contribution in [0.4, 0.5) is 5.69 Å². The Kier molecular flexibility index (Phi) is 3.88. The molecule has 0 aromatic carbocycles. The average molecular weight is 267 g/mol.